The summed E-state index contributed by atoms with van der Waals surface area (Å²) >= 11 is 1.71. The van der Waals surface area contributed by atoms with Crippen LogP contribution < -0.4 is 5.56 Å². The summed E-state index contributed by atoms with van der Waals surface area (Å²) in [6, 6.07) is 20.0. The number of benzene rings is 2. The molecule has 0 aliphatic rings. The van der Waals surface area contributed by atoms with E-state index in [2.05, 4.69) is 34.3 Å². The maximum absolute atomic E-state index is 12.2. The fourth-order valence-corrected chi connectivity index (χ4v) is 3.63. The van der Waals surface area contributed by atoms with Gasteiger partial charge in [-0.05, 0) is 29.8 Å². The number of ether oxygens (including phenoxy) is 1. The van der Waals surface area contributed by atoms with Crippen LogP contribution in [0.3, 0.4) is 0 Å². The molecule has 1 N–H and O–H groups in total. The van der Waals surface area contributed by atoms with E-state index in [1.54, 1.807) is 25.1 Å². The van der Waals surface area contributed by atoms with Crippen molar-refractivity contribution in [2.24, 2.45) is 0 Å². The maximum Gasteiger partial charge on any atom is 0.272 e. The molecule has 0 amide bonds. The molecule has 0 spiro atoms. The van der Waals surface area contributed by atoms with Crippen LogP contribution >= 0.6 is 11.8 Å². The Labute approximate surface area is 154 Å². The van der Waals surface area contributed by atoms with Gasteiger partial charge in [0, 0.05) is 34.7 Å². The number of hydrogen-bond acceptors (Lipinski definition) is 4. The lowest BCUT2D eigenvalue weighted by Crippen LogP contribution is -2.15. The minimum atomic E-state index is -0.149. The van der Waals surface area contributed by atoms with Crippen molar-refractivity contribution >= 4 is 17.4 Å². The Kier molecular flexibility index (Phi) is 4.60. The highest BCUT2D eigenvalue weighted by molar-refractivity contribution is 7.99. The van der Waals surface area contributed by atoms with Gasteiger partial charge in [0.2, 0.25) is 0 Å². The van der Waals surface area contributed by atoms with E-state index < -0.39 is 0 Å². The zero-order valence-electron chi connectivity index (χ0n) is 14.2. The molecule has 0 atom stereocenters. The number of hydrogen-bond donors (Lipinski definition) is 1. The van der Waals surface area contributed by atoms with Gasteiger partial charge in [0.15, 0.2) is 5.65 Å². The van der Waals surface area contributed by atoms with Crippen LogP contribution in [0.15, 0.2) is 81.4 Å². The summed E-state index contributed by atoms with van der Waals surface area (Å²) in [6.07, 6.45) is 1.81. The van der Waals surface area contributed by atoms with Crippen molar-refractivity contribution < 1.29 is 4.74 Å². The third kappa shape index (κ3) is 3.29. The number of fused-ring (bicyclic) bond motifs is 1. The second kappa shape index (κ2) is 7.19. The van der Waals surface area contributed by atoms with Crippen molar-refractivity contribution in [1.82, 2.24) is 14.6 Å². The largest absolute Gasteiger partial charge is 0.378 e. The number of nitrogens with zero attached hydrogens (tertiary/aromatic N) is 2. The van der Waals surface area contributed by atoms with Crippen LogP contribution in [0.2, 0.25) is 0 Å². The molecule has 6 heteroatoms. The van der Waals surface area contributed by atoms with E-state index in [1.807, 2.05) is 30.3 Å². The van der Waals surface area contributed by atoms with Crippen molar-refractivity contribution in [3.63, 3.8) is 0 Å². The van der Waals surface area contributed by atoms with Crippen molar-refractivity contribution in [3.05, 3.63) is 82.9 Å². The molecule has 26 heavy (non-hydrogen) atoms. The first-order valence-corrected chi connectivity index (χ1v) is 8.98. The summed E-state index contributed by atoms with van der Waals surface area (Å²) < 4.78 is 6.55. The Morgan fingerprint density at radius 2 is 1.81 bits per heavy atom. The first kappa shape index (κ1) is 16.6. The molecule has 0 saturated heterocycles. The Morgan fingerprint density at radius 3 is 2.54 bits per heavy atom. The van der Waals surface area contributed by atoms with E-state index in [0.717, 1.165) is 16.0 Å². The van der Waals surface area contributed by atoms with Crippen molar-refractivity contribution in [1.29, 1.82) is 0 Å². The first-order chi connectivity index (χ1) is 12.7. The molecule has 0 saturated carbocycles. The molecule has 5 nitrogen and oxygen atoms in total. The number of aromatic amines is 1. The third-order valence-corrected chi connectivity index (χ3v) is 5.00. The van der Waals surface area contributed by atoms with Gasteiger partial charge in [-0.1, -0.05) is 42.1 Å². The zero-order valence-corrected chi connectivity index (χ0v) is 15.0. The van der Waals surface area contributed by atoms with E-state index in [0.29, 0.717) is 17.9 Å². The molecule has 0 radical (unpaired) electrons. The minimum absolute atomic E-state index is 0.149. The highest BCUT2D eigenvalue weighted by Crippen LogP contribution is 2.30. The Hall–Kier alpha value is -2.83. The zero-order chi connectivity index (χ0) is 17.9. The monoisotopic (exact) mass is 363 g/mol. The van der Waals surface area contributed by atoms with E-state index in [4.69, 9.17) is 4.74 Å². The molecule has 130 valence electrons. The van der Waals surface area contributed by atoms with Crippen LogP contribution in [0.25, 0.3) is 16.8 Å². The fourth-order valence-electron chi connectivity index (χ4n) is 2.79. The number of H-pyrrole nitrogens is 1. The average molecular weight is 363 g/mol. The molecule has 2 aromatic carbocycles. The Balaban J connectivity index is 1.68. The molecule has 0 aliphatic carbocycles. The standard InChI is InChI=1S/C20H17N3O2S/c1-25-13-15-11-19(24)23-20(22-15)18(12-21-23)14-7-9-17(10-8-14)26-16-5-3-2-4-6-16/h2-12,21H,13H2,1H3. The van der Waals surface area contributed by atoms with Gasteiger partial charge in [-0.3, -0.25) is 9.89 Å². The van der Waals surface area contributed by atoms with Crippen molar-refractivity contribution in [2.45, 2.75) is 16.4 Å². The maximum atomic E-state index is 12.2. The Bertz CT molecular complexity index is 1090. The molecule has 0 unspecified atom stereocenters. The van der Waals surface area contributed by atoms with Gasteiger partial charge in [-0.25, -0.2) is 9.50 Å². The number of nitrogens with one attached hydrogen (secondary N) is 1. The number of methoxy groups -OCH3 is 1. The van der Waals surface area contributed by atoms with E-state index in [-0.39, 0.29) is 5.56 Å². The highest BCUT2D eigenvalue weighted by Gasteiger charge is 2.11. The van der Waals surface area contributed by atoms with Gasteiger partial charge in [0.25, 0.3) is 5.56 Å². The summed E-state index contributed by atoms with van der Waals surface area (Å²) in [5.74, 6) is 0. The van der Waals surface area contributed by atoms with Crippen molar-refractivity contribution in [3.8, 4) is 11.1 Å². The topological polar surface area (TPSA) is 59.4 Å². The Morgan fingerprint density at radius 1 is 1.08 bits per heavy atom. The first-order valence-electron chi connectivity index (χ1n) is 8.17. The van der Waals surface area contributed by atoms with Gasteiger partial charge in [0.05, 0.1) is 12.3 Å². The minimum Gasteiger partial charge on any atom is -0.378 e. The van der Waals surface area contributed by atoms with Crippen LogP contribution in [0.4, 0.5) is 0 Å². The third-order valence-electron chi connectivity index (χ3n) is 3.99. The smallest absolute Gasteiger partial charge is 0.272 e. The normalized spacial score (nSPS) is 11.1. The number of rotatable bonds is 5. The molecule has 0 fully saturated rings. The summed E-state index contributed by atoms with van der Waals surface area (Å²) in [5.41, 5.74) is 2.96. The van der Waals surface area contributed by atoms with Gasteiger partial charge in [-0.2, -0.15) is 0 Å². The summed E-state index contributed by atoms with van der Waals surface area (Å²) in [5, 5.41) is 2.97. The second-order valence-corrected chi connectivity index (χ2v) is 6.95. The van der Waals surface area contributed by atoms with Crippen LogP contribution in [-0.4, -0.2) is 21.7 Å². The SMILES string of the molecule is COCc1cc(=O)n2[nH]cc(-c3ccc(Sc4ccccc4)cc3)c2n1. The predicted octanol–water partition coefficient (Wildman–Crippen LogP) is 3.99. The molecule has 4 aromatic rings. The second-order valence-electron chi connectivity index (χ2n) is 5.80. The molecular weight excluding hydrogens is 346 g/mol. The van der Waals surface area contributed by atoms with Crippen LogP contribution in [0.5, 0.6) is 0 Å². The van der Waals surface area contributed by atoms with Gasteiger partial charge < -0.3 is 4.74 Å². The van der Waals surface area contributed by atoms with Crippen LogP contribution in [-0.2, 0) is 11.3 Å². The molecule has 4 rings (SSSR count). The van der Waals surface area contributed by atoms with E-state index in [9.17, 15) is 4.79 Å². The van der Waals surface area contributed by atoms with Crippen LogP contribution in [0.1, 0.15) is 5.69 Å². The molecular formula is C20H17N3O2S. The van der Waals surface area contributed by atoms with Gasteiger partial charge >= 0.3 is 0 Å². The van der Waals surface area contributed by atoms with E-state index in [1.165, 1.54) is 15.5 Å². The lowest BCUT2D eigenvalue weighted by molar-refractivity contribution is 0.181. The molecule has 2 heterocycles. The fraction of sp³-hybridized carbons (Fsp3) is 0.100. The quantitative estimate of drug-likeness (QED) is 0.582. The van der Waals surface area contributed by atoms with Crippen molar-refractivity contribution in [2.75, 3.05) is 7.11 Å². The predicted molar refractivity (Wildman–Crippen MR) is 103 cm³/mol. The summed E-state index contributed by atoms with van der Waals surface area (Å²) in [6.45, 7) is 0.309. The molecule has 2 aromatic heterocycles. The molecule has 0 aliphatic heterocycles. The summed E-state index contributed by atoms with van der Waals surface area (Å²) in [4.78, 5) is 19.1. The van der Waals surface area contributed by atoms with Crippen LogP contribution in [0, 0.1) is 0 Å². The van der Waals surface area contributed by atoms with E-state index >= 15 is 0 Å². The number of aromatic nitrogens is 3. The molecule has 0 bridgehead atoms. The van der Waals surface area contributed by atoms with Gasteiger partial charge in [-0.15, -0.1) is 0 Å². The lowest BCUT2D eigenvalue weighted by atomic mass is 10.1. The highest BCUT2D eigenvalue weighted by atomic mass is 32.2. The lowest BCUT2D eigenvalue weighted by Gasteiger charge is -2.04. The summed E-state index contributed by atoms with van der Waals surface area (Å²) in [7, 11) is 1.59. The van der Waals surface area contributed by atoms with Gasteiger partial charge in [0.1, 0.15) is 0 Å². The average Bonchev–Trinajstić information content (AvgIpc) is 3.08.